The van der Waals surface area contributed by atoms with Gasteiger partial charge in [-0.3, -0.25) is 4.79 Å². The molecule has 0 amide bonds. The molecule has 1 unspecified atom stereocenters. The van der Waals surface area contributed by atoms with Crippen LogP contribution in [0.3, 0.4) is 0 Å². The molecule has 0 bridgehead atoms. The van der Waals surface area contributed by atoms with Crippen molar-refractivity contribution in [3.63, 3.8) is 0 Å². The van der Waals surface area contributed by atoms with Crippen molar-refractivity contribution in [2.24, 2.45) is 0 Å². The lowest BCUT2D eigenvalue weighted by Crippen LogP contribution is -2.60. The number of aliphatic hydroxyl groups is 4. The average molecular weight is 464 g/mol. The standard InChI is InChI=1S/C21H20O12/c22-6-11-13(25)16(28)18(30)21(32-11)33-20-9(24)5-10-12(15(20)27)14(26)17(29)19(31-10)7-1-3-8(23)4-2-7/h1-5,11,13,16,18,21-25,27-30H,6H2/t11-,13-,16+,18-,21?/m1/s1. The Bertz CT molecular complexity index is 1230. The first-order valence-corrected chi connectivity index (χ1v) is 9.65. The van der Waals surface area contributed by atoms with Gasteiger partial charge < -0.3 is 54.7 Å². The zero-order chi connectivity index (χ0) is 24.0. The summed E-state index contributed by atoms with van der Waals surface area (Å²) in [7, 11) is 0. The lowest BCUT2D eigenvalue weighted by atomic mass is 9.99. The fraction of sp³-hybridized carbons (Fsp3) is 0.286. The molecule has 2 heterocycles. The Balaban J connectivity index is 1.79. The molecular formula is C21H20O12. The van der Waals surface area contributed by atoms with Crippen LogP contribution in [-0.4, -0.2) is 78.2 Å². The van der Waals surface area contributed by atoms with Crippen LogP contribution in [-0.2, 0) is 4.74 Å². The number of hydrogen-bond acceptors (Lipinski definition) is 12. The molecule has 0 saturated carbocycles. The number of aromatic hydroxyl groups is 4. The summed E-state index contributed by atoms with van der Waals surface area (Å²) in [5.74, 6) is -3.66. The van der Waals surface area contributed by atoms with E-state index in [1.165, 1.54) is 24.3 Å². The van der Waals surface area contributed by atoms with Crippen LogP contribution in [0, 0.1) is 0 Å². The summed E-state index contributed by atoms with van der Waals surface area (Å²) in [6.07, 6.45) is -8.37. The molecule has 5 atom stereocenters. The van der Waals surface area contributed by atoms with Crippen LogP contribution in [0.15, 0.2) is 39.5 Å². The van der Waals surface area contributed by atoms with Crippen LogP contribution < -0.4 is 10.2 Å². The molecule has 12 heteroatoms. The SMILES string of the molecule is O=c1c(O)c(-c2ccc(O)cc2)oc2cc(O)c(OC3O[C@H](CO)[C@@H](O)[C@H](O)[C@H]3O)c(O)c12. The van der Waals surface area contributed by atoms with Gasteiger partial charge in [0.1, 0.15) is 41.1 Å². The number of phenolic OH excluding ortho intramolecular Hbond substituents is 3. The van der Waals surface area contributed by atoms with Gasteiger partial charge in [-0.2, -0.15) is 0 Å². The third-order valence-corrected chi connectivity index (χ3v) is 5.28. The molecule has 176 valence electrons. The van der Waals surface area contributed by atoms with E-state index in [4.69, 9.17) is 13.9 Å². The van der Waals surface area contributed by atoms with Crippen molar-refractivity contribution >= 4 is 11.0 Å². The van der Waals surface area contributed by atoms with Crippen molar-refractivity contribution in [3.05, 3.63) is 40.6 Å². The smallest absolute Gasteiger partial charge is 0.238 e. The molecule has 3 aromatic rings. The number of hydrogen-bond donors (Lipinski definition) is 8. The average Bonchev–Trinajstić information content (AvgIpc) is 2.79. The molecule has 1 saturated heterocycles. The maximum absolute atomic E-state index is 12.8. The molecule has 1 fully saturated rings. The van der Waals surface area contributed by atoms with Crippen LogP contribution in [0.2, 0.25) is 0 Å². The number of benzene rings is 2. The van der Waals surface area contributed by atoms with Gasteiger partial charge in [0.05, 0.1) is 6.61 Å². The number of ether oxygens (including phenoxy) is 2. The molecule has 12 nitrogen and oxygen atoms in total. The molecule has 33 heavy (non-hydrogen) atoms. The highest BCUT2D eigenvalue weighted by atomic mass is 16.7. The number of phenols is 3. The molecule has 0 spiro atoms. The van der Waals surface area contributed by atoms with Crippen molar-refractivity contribution < 1.29 is 54.7 Å². The van der Waals surface area contributed by atoms with Gasteiger partial charge in [-0.05, 0) is 24.3 Å². The highest BCUT2D eigenvalue weighted by Crippen LogP contribution is 2.44. The van der Waals surface area contributed by atoms with E-state index in [1.54, 1.807) is 0 Å². The minimum Gasteiger partial charge on any atom is -0.508 e. The van der Waals surface area contributed by atoms with Gasteiger partial charge in [-0.1, -0.05) is 0 Å². The van der Waals surface area contributed by atoms with Crippen molar-refractivity contribution in [2.75, 3.05) is 6.61 Å². The van der Waals surface area contributed by atoms with Crippen LogP contribution in [0.1, 0.15) is 0 Å². The predicted octanol–water partition coefficient (Wildman–Crippen LogP) is -0.539. The summed E-state index contributed by atoms with van der Waals surface area (Å²) in [6.45, 7) is -0.738. The number of rotatable bonds is 4. The molecule has 1 aliphatic heterocycles. The summed E-state index contributed by atoms with van der Waals surface area (Å²) < 4.78 is 15.9. The monoisotopic (exact) mass is 464 g/mol. The van der Waals surface area contributed by atoms with Gasteiger partial charge in [0.25, 0.3) is 0 Å². The second-order valence-electron chi connectivity index (χ2n) is 7.42. The van der Waals surface area contributed by atoms with Gasteiger partial charge in [0.15, 0.2) is 17.3 Å². The summed E-state index contributed by atoms with van der Waals surface area (Å²) >= 11 is 0. The van der Waals surface area contributed by atoms with Gasteiger partial charge in [-0.25, -0.2) is 0 Å². The number of fused-ring (bicyclic) bond motifs is 1. The van der Waals surface area contributed by atoms with E-state index in [2.05, 4.69) is 0 Å². The molecule has 2 aromatic carbocycles. The van der Waals surface area contributed by atoms with E-state index in [9.17, 15) is 45.6 Å². The highest BCUT2D eigenvalue weighted by Gasteiger charge is 2.45. The third kappa shape index (κ3) is 3.79. The van der Waals surface area contributed by atoms with E-state index < -0.39 is 71.1 Å². The Morgan fingerprint density at radius 2 is 1.58 bits per heavy atom. The number of aliphatic hydroxyl groups excluding tert-OH is 4. The van der Waals surface area contributed by atoms with Crippen molar-refractivity contribution in [3.8, 4) is 40.1 Å². The predicted molar refractivity (Wildman–Crippen MR) is 109 cm³/mol. The van der Waals surface area contributed by atoms with Crippen molar-refractivity contribution in [1.82, 2.24) is 0 Å². The summed E-state index contributed by atoms with van der Waals surface area (Å²) in [5, 5.41) is 79.3. The van der Waals surface area contributed by atoms with E-state index in [1.807, 2.05) is 0 Å². The zero-order valence-corrected chi connectivity index (χ0v) is 16.7. The Morgan fingerprint density at radius 3 is 2.21 bits per heavy atom. The molecule has 4 rings (SSSR count). The summed E-state index contributed by atoms with van der Waals surface area (Å²) in [4.78, 5) is 12.8. The first-order valence-electron chi connectivity index (χ1n) is 9.65. The van der Waals surface area contributed by atoms with E-state index in [-0.39, 0.29) is 22.7 Å². The Hall–Kier alpha value is -3.55. The Kier molecular flexibility index (Phi) is 5.78. The summed E-state index contributed by atoms with van der Waals surface area (Å²) in [6, 6.07) is 6.25. The lowest BCUT2D eigenvalue weighted by molar-refractivity contribution is -0.277. The van der Waals surface area contributed by atoms with Crippen LogP contribution in [0.5, 0.6) is 28.7 Å². The summed E-state index contributed by atoms with van der Waals surface area (Å²) in [5.41, 5.74) is -1.17. The maximum Gasteiger partial charge on any atom is 0.238 e. The Labute approximate surface area is 184 Å². The Morgan fingerprint density at radius 1 is 0.909 bits per heavy atom. The maximum atomic E-state index is 12.8. The lowest BCUT2D eigenvalue weighted by Gasteiger charge is -2.39. The van der Waals surface area contributed by atoms with Gasteiger partial charge in [-0.15, -0.1) is 0 Å². The third-order valence-electron chi connectivity index (χ3n) is 5.28. The minimum atomic E-state index is -1.85. The van der Waals surface area contributed by atoms with Gasteiger partial charge >= 0.3 is 0 Å². The van der Waals surface area contributed by atoms with E-state index in [0.717, 1.165) is 6.07 Å². The van der Waals surface area contributed by atoms with Crippen LogP contribution in [0.4, 0.5) is 0 Å². The van der Waals surface area contributed by atoms with Crippen molar-refractivity contribution in [1.29, 1.82) is 0 Å². The van der Waals surface area contributed by atoms with E-state index in [0.29, 0.717) is 0 Å². The first-order chi connectivity index (χ1) is 15.6. The minimum absolute atomic E-state index is 0.0633. The molecule has 0 aliphatic carbocycles. The van der Waals surface area contributed by atoms with Crippen LogP contribution >= 0.6 is 0 Å². The fourth-order valence-electron chi connectivity index (χ4n) is 3.50. The van der Waals surface area contributed by atoms with Crippen molar-refractivity contribution in [2.45, 2.75) is 30.7 Å². The highest BCUT2D eigenvalue weighted by molar-refractivity contribution is 5.91. The molecular weight excluding hydrogens is 444 g/mol. The second-order valence-corrected chi connectivity index (χ2v) is 7.42. The molecule has 0 radical (unpaired) electrons. The van der Waals surface area contributed by atoms with Gasteiger partial charge in [0.2, 0.25) is 23.2 Å². The van der Waals surface area contributed by atoms with E-state index >= 15 is 0 Å². The topological polar surface area (TPSA) is 211 Å². The molecule has 1 aliphatic rings. The first kappa shape index (κ1) is 22.6. The van der Waals surface area contributed by atoms with Gasteiger partial charge in [0, 0.05) is 11.6 Å². The fourth-order valence-corrected chi connectivity index (χ4v) is 3.50. The largest absolute Gasteiger partial charge is 0.508 e. The second kappa shape index (κ2) is 8.42. The molecule has 1 aromatic heterocycles. The zero-order valence-electron chi connectivity index (χ0n) is 16.7. The van der Waals surface area contributed by atoms with Crippen LogP contribution in [0.25, 0.3) is 22.3 Å². The normalized spacial score (nSPS) is 25.3. The quantitative estimate of drug-likeness (QED) is 0.245. The molecule has 8 N–H and O–H groups in total.